The summed E-state index contributed by atoms with van der Waals surface area (Å²) in [5.41, 5.74) is 2.13. The van der Waals surface area contributed by atoms with Crippen LogP contribution in [0, 0.1) is 0 Å². The number of nitrogens with zero attached hydrogens (tertiary/aromatic N) is 4. The molecular weight excluding hydrogens is 306 g/mol. The van der Waals surface area contributed by atoms with Crippen LogP contribution in [0.25, 0.3) is 0 Å². The lowest BCUT2D eigenvalue weighted by Gasteiger charge is -2.32. The van der Waals surface area contributed by atoms with Gasteiger partial charge in [0, 0.05) is 18.8 Å². The highest BCUT2D eigenvalue weighted by Gasteiger charge is 2.28. The van der Waals surface area contributed by atoms with E-state index >= 15 is 0 Å². The maximum absolute atomic E-state index is 12.9. The smallest absolute Gasteiger partial charge is 0.261 e. The molecule has 2 aliphatic rings. The van der Waals surface area contributed by atoms with Crippen molar-refractivity contribution in [2.24, 2.45) is 0 Å². The van der Waals surface area contributed by atoms with E-state index in [1.54, 1.807) is 15.9 Å². The minimum absolute atomic E-state index is 0.127. The number of likely N-dealkylation sites (tertiary alicyclic amines) is 1. The molecule has 1 amide bonds. The summed E-state index contributed by atoms with van der Waals surface area (Å²) >= 11 is 0. The standard InChI is InChI=1S/C17H21N5O2/c23-16-14(8-12-4-1-2-6-15(12)20-16)17(24)21-7-3-5-13(9-21)22-11-18-10-19-22/h8,10-11,13H,1-7,9H2,(H,20,23). The Hall–Kier alpha value is -2.44. The third kappa shape index (κ3) is 2.74. The molecule has 1 aliphatic carbocycles. The Balaban J connectivity index is 1.58. The summed E-state index contributed by atoms with van der Waals surface area (Å²) < 4.78 is 1.80. The molecule has 7 heteroatoms. The second-order valence-electron chi connectivity index (χ2n) is 6.65. The molecule has 1 unspecified atom stereocenters. The largest absolute Gasteiger partial charge is 0.336 e. The van der Waals surface area contributed by atoms with Crippen LogP contribution in [0.5, 0.6) is 0 Å². The summed E-state index contributed by atoms with van der Waals surface area (Å²) in [6.07, 6.45) is 9.11. The molecule has 0 spiro atoms. The third-order valence-electron chi connectivity index (χ3n) is 5.06. The lowest BCUT2D eigenvalue weighted by molar-refractivity contribution is 0.0670. The molecular formula is C17H21N5O2. The van der Waals surface area contributed by atoms with Crippen molar-refractivity contribution in [2.75, 3.05) is 13.1 Å². The number of fused-ring (bicyclic) bond motifs is 1. The normalized spacial score (nSPS) is 20.7. The summed E-state index contributed by atoms with van der Waals surface area (Å²) in [4.78, 5) is 33.9. The van der Waals surface area contributed by atoms with E-state index in [0.29, 0.717) is 13.1 Å². The fraction of sp³-hybridized carbons (Fsp3) is 0.529. The molecule has 1 aliphatic heterocycles. The highest BCUT2D eigenvalue weighted by Crippen LogP contribution is 2.23. The number of hydrogen-bond donors (Lipinski definition) is 1. The summed E-state index contributed by atoms with van der Waals surface area (Å²) in [5.74, 6) is -0.172. The van der Waals surface area contributed by atoms with Crippen molar-refractivity contribution in [1.29, 1.82) is 0 Å². The molecule has 1 atom stereocenters. The average molecular weight is 327 g/mol. The van der Waals surface area contributed by atoms with Crippen molar-refractivity contribution in [3.05, 3.63) is 45.9 Å². The predicted molar refractivity (Wildman–Crippen MR) is 87.9 cm³/mol. The number of aromatic nitrogens is 4. The monoisotopic (exact) mass is 327 g/mol. The number of rotatable bonds is 2. The van der Waals surface area contributed by atoms with Crippen LogP contribution in [0.2, 0.25) is 0 Å². The number of hydrogen-bond acceptors (Lipinski definition) is 4. The fourth-order valence-corrected chi connectivity index (χ4v) is 3.77. The zero-order valence-electron chi connectivity index (χ0n) is 13.6. The maximum atomic E-state index is 12.9. The molecule has 2 aromatic rings. The minimum Gasteiger partial charge on any atom is -0.336 e. The number of amides is 1. The van der Waals surface area contributed by atoms with Crippen molar-refractivity contribution in [2.45, 2.75) is 44.6 Å². The predicted octanol–water partition coefficient (Wildman–Crippen LogP) is 1.32. The molecule has 1 saturated heterocycles. The van der Waals surface area contributed by atoms with Crippen LogP contribution in [0.3, 0.4) is 0 Å². The molecule has 1 fully saturated rings. The van der Waals surface area contributed by atoms with Crippen LogP contribution < -0.4 is 5.56 Å². The van der Waals surface area contributed by atoms with Crippen molar-refractivity contribution in [3.63, 3.8) is 0 Å². The Kier molecular flexibility index (Phi) is 3.92. The first-order chi connectivity index (χ1) is 11.7. The van der Waals surface area contributed by atoms with E-state index in [-0.39, 0.29) is 23.1 Å². The van der Waals surface area contributed by atoms with E-state index in [9.17, 15) is 9.59 Å². The third-order valence-corrected chi connectivity index (χ3v) is 5.06. The summed E-state index contributed by atoms with van der Waals surface area (Å²) in [5, 5.41) is 4.18. The lowest BCUT2D eigenvalue weighted by Crippen LogP contribution is -2.42. The Morgan fingerprint density at radius 3 is 2.96 bits per heavy atom. The second kappa shape index (κ2) is 6.22. The van der Waals surface area contributed by atoms with Gasteiger partial charge in [-0.2, -0.15) is 5.10 Å². The number of H-pyrrole nitrogens is 1. The van der Waals surface area contributed by atoms with Gasteiger partial charge in [0.05, 0.1) is 6.04 Å². The fourth-order valence-electron chi connectivity index (χ4n) is 3.77. The van der Waals surface area contributed by atoms with Gasteiger partial charge in [0.25, 0.3) is 11.5 Å². The molecule has 0 bridgehead atoms. The SMILES string of the molecule is O=C(c1cc2c([nH]c1=O)CCCC2)N1CCCC(n2cncn2)C1. The van der Waals surface area contributed by atoms with E-state index < -0.39 is 0 Å². The van der Waals surface area contributed by atoms with Gasteiger partial charge in [0.2, 0.25) is 0 Å². The number of aryl methyl sites for hydroxylation is 2. The van der Waals surface area contributed by atoms with Crippen molar-refractivity contribution in [3.8, 4) is 0 Å². The van der Waals surface area contributed by atoms with Crippen molar-refractivity contribution in [1.82, 2.24) is 24.6 Å². The molecule has 0 saturated carbocycles. The number of aromatic amines is 1. The molecule has 3 heterocycles. The molecule has 0 aromatic carbocycles. The van der Waals surface area contributed by atoms with Crippen molar-refractivity contribution < 1.29 is 4.79 Å². The van der Waals surface area contributed by atoms with Gasteiger partial charge in [0.1, 0.15) is 18.2 Å². The van der Waals surface area contributed by atoms with E-state index in [1.165, 1.54) is 6.33 Å². The highest BCUT2D eigenvalue weighted by atomic mass is 16.2. The molecule has 4 rings (SSSR count). The van der Waals surface area contributed by atoms with Crippen LogP contribution in [0.15, 0.2) is 23.5 Å². The van der Waals surface area contributed by atoms with Crippen molar-refractivity contribution >= 4 is 5.91 Å². The zero-order chi connectivity index (χ0) is 16.5. The van der Waals surface area contributed by atoms with Gasteiger partial charge >= 0.3 is 0 Å². The van der Waals surface area contributed by atoms with E-state index in [4.69, 9.17) is 0 Å². The highest BCUT2D eigenvalue weighted by molar-refractivity contribution is 5.94. The lowest BCUT2D eigenvalue weighted by atomic mass is 9.94. The topological polar surface area (TPSA) is 83.9 Å². The molecule has 7 nitrogen and oxygen atoms in total. The van der Waals surface area contributed by atoms with E-state index in [2.05, 4.69) is 15.1 Å². The number of carbonyl (C=O) groups is 1. The Bertz CT molecular complexity index is 796. The van der Waals surface area contributed by atoms with Crippen LogP contribution in [0.4, 0.5) is 0 Å². The van der Waals surface area contributed by atoms with Gasteiger partial charge in [-0.25, -0.2) is 9.67 Å². The Morgan fingerprint density at radius 2 is 2.12 bits per heavy atom. The first-order valence-electron chi connectivity index (χ1n) is 8.61. The summed E-state index contributed by atoms with van der Waals surface area (Å²) in [6, 6.07) is 1.94. The second-order valence-corrected chi connectivity index (χ2v) is 6.65. The molecule has 0 radical (unpaired) electrons. The average Bonchev–Trinajstić information content (AvgIpc) is 3.15. The zero-order valence-corrected chi connectivity index (χ0v) is 13.6. The van der Waals surface area contributed by atoms with Crippen LogP contribution in [-0.4, -0.2) is 43.6 Å². The van der Waals surface area contributed by atoms with Gasteiger partial charge in [-0.1, -0.05) is 0 Å². The van der Waals surface area contributed by atoms with Crippen LogP contribution in [0.1, 0.15) is 53.3 Å². The quantitative estimate of drug-likeness (QED) is 0.902. The Labute approximate surface area is 139 Å². The maximum Gasteiger partial charge on any atom is 0.261 e. The number of carbonyl (C=O) groups excluding carboxylic acids is 1. The minimum atomic E-state index is -0.261. The van der Waals surface area contributed by atoms with Gasteiger partial charge < -0.3 is 9.88 Å². The number of pyridine rings is 1. The van der Waals surface area contributed by atoms with E-state index in [0.717, 1.165) is 49.8 Å². The Morgan fingerprint density at radius 1 is 1.25 bits per heavy atom. The number of piperidine rings is 1. The van der Waals surface area contributed by atoms with Gasteiger partial charge in [-0.3, -0.25) is 9.59 Å². The molecule has 1 N–H and O–H groups in total. The van der Waals surface area contributed by atoms with Crippen LogP contribution in [-0.2, 0) is 12.8 Å². The molecule has 126 valence electrons. The molecule has 2 aromatic heterocycles. The van der Waals surface area contributed by atoms with Gasteiger partial charge in [0.15, 0.2) is 0 Å². The van der Waals surface area contributed by atoms with Crippen LogP contribution >= 0.6 is 0 Å². The first kappa shape index (κ1) is 15.1. The van der Waals surface area contributed by atoms with Gasteiger partial charge in [-0.05, 0) is 50.2 Å². The summed E-state index contributed by atoms with van der Waals surface area (Å²) in [7, 11) is 0. The van der Waals surface area contributed by atoms with E-state index in [1.807, 2.05) is 6.07 Å². The first-order valence-corrected chi connectivity index (χ1v) is 8.61. The summed E-state index contributed by atoms with van der Waals surface area (Å²) in [6.45, 7) is 1.25. The molecule has 24 heavy (non-hydrogen) atoms. The number of nitrogens with one attached hydrogen (secondary N) is 1. The van der Waals surface area contributed by atoms with Gasteiger partial charge in [-0.15, -0.1) is 0 Å².